The summed E-state index contributed by atoms with van der Waals surface area (Å²) in [6.07, 6.45) is 2.50. The molecule has 21 heavy (non-hydrogen) atoms. The van der Waals surface area contributed by atoms with E-state index in [1.54, 1.807) is 0 Å². The van der Waals surface area contributed by atoms with E-state index in [1.165, 1.54) is 24.2 Å². The van der Waals surface area contributed by atoms with E-state index in [0.29, 0.717) is 0 Å². The molecule has 0 saturated carbocycles. The highest BCUT2D eigenvalue weighted by Gasteiger charge is 2.19. The summed E-state index contributed by atoms with van der Waals surface area (Å²) < 4.78 is 10.8. The van der Waals surface area contributed by atoms with Gasteiger partial charge in [0.2, 0.25) is 6.79 Å². The highest BCUT2D eigenvalue weighted by molar-refractivity contribution is 7.09. The Bertz CT molecular complexity index is 716. The molecule has 3 heterocycles. The maximum atomic E-state index is 11.8. The first-order valence-corrected chi connectivity index (χ1v) is 7.95. The zero-order valence-electron chi connectivity index (χ0n) is 11.6. The predicted octanol–water partition coefficient (Wildman–Crippen LogP) is 2.43. The lowest BCUT2D eigenvalue weighted by molar-refractivity contribution is 0.174. The summed E-state index contributed by atoms with van der Waals surface area (Å²) in [6.45, 7) is 3.34. The lowest BCUT2D eigenvalue weighted by Crippen LogP contribution is -2.18. The van der Waals surface area contributed by atoms with Crippen molar-refractivity contribution in [2.75, 3.05) is 19.9 Å². The van der Waals surface area contributed by atoms with Gasteiger partial charge in [-0.25, -0.2) is 0 Å². The van der Waals surface area contributed by atoms with E-state index in [4.69, 9.17) is 9.47 Å². The lowest BCUT2D eigenvalue weighted by Gasteiger charge is -2.14. The topological polar surface area (TPSA) is 54.6 Å². The minimum Gasteiger partial charge on any atom is -0.454 e. The number of thiazole rings is 1. The van der Waals surface area contributed by atoms with Crippen LogP contribution >= 0.6 is 11.3 Å². The van der Waals surface area contributed by atoms with Crippen LogP contribution in [0.15, 0.2) is 23.0 Å². The third kappa shape index (κ3) is 2.45. The Kier molecular flexibility index (Phi) is 3.20. The SMILES string of the molecule is O=c1[nH]c(-c2ccc3c(c2)OCO3)c(CN2CCCC2)s1. The molecule has 0 spiro atoms. The summed E-state index contributed by atoms with van der Waals surface area (Å²) in [5.74, 6) is 1.50. The molecule has 5 nitrogen and oxygen atoms in total. The molecule has 2 aliphatic heterocycles. The van der Waals surface area contributed by atoms with Crippen LogP contribution in [0.3, 0.4) is 0 Å². The Morgan fingerprint density at radius 2 is 2.00 bits per heavy atom. The summed E-state index contributed by atoms with van der Waals surface area (Å²) >= 11 is 1.30. The van der Waals surface area contributed by atoms with Crippen molar-refractivity contribution in [2.45, 2.75) is 19.4 Å². The van der Waals surface area contributed by atoms with Crippen LogP contribution < -0.4 is 14.3 Å². The van der Waals surface area contributed by atoms with Crippen molar-refractivity contribution in [3.8, 4) is 22.8 Å². The highest BCUT2D eigenvalue weighted by atomic mass is 32.1. The van der Waals surface area contributed by atoms with Crippen molar-refractivity contribution < 1.29 is 9.47 Å². The molecule has 2 aromatic rings. The second kappa shape index (κ2) is 5.20. The Labute approximate surface area is 126 Å². The number of fused-ring (bicyclic) bond motifs is 1. The summed E-state index contributed by atoms with van der Waals surface area (Å²) in [5.41, 5.74) is 1.89. The normalized spacial score (nSPS) is 17.5. The molecule has 0 atom stereocenters. The minimum absolute atomic E-state index is 0.00290. The number of nitrogens with zero attached hydrogens (tertiary/aromatic N) is 1. The zero-order valence-corrected chi connectivity index (χ0v) is 12.4. The molecule has 0 aliphatic carbocycles. The van der Waals surface area contributed by atoms with Crippen LogP contribution in [-0.2, 0) is 6.54 Å². The summed E-state index contributed by atoms with van der Waals surface area (Å²) in [7, 11) is 0. The number of likely N-dealkylation sites (tertiary alicyclic amines) is 1. The first kappa shape index (κ1) is 12.9. The number of hydrogen-bond donors (Lipinski definition) is 1. The van der Waals surface area contributed by atoms with Gasteiger partial charge in [0.15, 0.2) is 11.5 Å². The van der Waals surface area contributed by atoms with Crippen LogP contribution in [-0.4, -0.2) is 29.8 Å². The van der Waals surface area contributed by atoms with E-state index >= 15 is 0 Å². The molecule has 4 rings (SSSR count). The van der Waals surface area contributed by atoms with Crippen molar-refractivity contribution in [3.05, 3.63) is 32.7 Å². The molecular formula is C15H16N2O3S. The summed E-state index contributed by atoms with van der Waals surface area (Å²) in [6, 6.07) is 5.81. The van der Waals surface area contributed by atoms with Crippen molar-refractivity contribution >= 4 is 11.3 Å². The van der Waals surface area contributed by atoms with Crippen molar-refractivity contribution in [1.29, 1.82) is 0 Å². The standard InChI is InChI=1S/C15H16N2O3S/c18-15-16-14(13(21-15)8-17-5-1-2-6-17)10-3-4-11-12(7-10)20-9-19-11/h3-4,7H,1-2,5-6,8-9H2,(H,16,18). The average molecular weight is 304 g/mol. The Morgan fingerprint density at radius 3 is 2.86 bits per heavy atom. The Balaban J connectivity index is 1.69. The van der Waals surface area contributed by atoms with Crippen molar-refractivity contribution in [1.82, 2.24) is 9.88 Å². The van der Waals surface area contributed by atoms with Gasteiger partial charge in [-0.15, -0.1) is 0 Å². The molecule has 0 bridgehead atoms. The molecule has 2 aliphatic rings. The molecule has 110 valence electrons. The number of rotatable bonds is 3. The lowest BCUT2D eigenvalue weighted by atomic mass is 10.1. The number of ether oxygens (including phenoxy) is 2. The smallest absolute Gasteiger partial charge is 0.305 e. The third-order valence-corrected chi connectivity index (χ3v) is 4.82. The van der Waals surface area contributed by atoms with Gasteiger partial charge >= 0.3 is 4.87 Å². The van der Waals surface area contributed by atoms with E-state index in [0.717, 1.165) is 47.3 Å². The fourth-order valence-corrected chi connectivity index (χ4v) is 3.80. The number of H-pyrrole nitrogens is 1. The zero-order chi connectivity index (χ0) is 14.2. The highest BCUT2D eigenvalue weighted by Crippen LogP contribution is 2.36. The maximum Gasteiger partial charge on any atom is 0.305 e. The third-order valence-electron chi connectivity index (χ3n) is 3.95. The van der Waals surface area contributed by atoms with E-state index in [-0.39, 0.29) is 11.7 Å². The first-order valence-electron chi connectivity index (χ1n) is 7.14. The van der Waals surface area contributed by atoms with Crippen LogP contribution in [0.5, 0.6) is 11.5 Å². The van der Waals surface area contributed by atoms with Crippen LogP contribution in [0, 0.1) is 0 Å². The quantitative estimate of drug-likeness (QED) is 0.946. The van der Waals surface area contributed by atoms with Crippen LogP contribution in [0.4, 0.5) is 0 Å². The molecule has 0 unspecified atom stereocenters. The van der Waals surface area contributed by atoms with Crippen LogP contribution in [0.1, 0.15) is 17.7 Å². The molecule has 0 radical (unpaired) electrons. The predicted molar refractivity (Wildman–Crippen MR) is 81.0 cm³/mol. The number of nitrogens with one attached hydrogen (secondary N) is 1. The largest absolute Gasteiger partial charge is 0.454 e. The minimum atomic E-state index is -0.00290. The molecular weight excluding hydrogens is 288 g/mol. The number of aromatic nitrogens is 1. The summed E-state index contributed by atoms with van der Waals surface area (Å²) in [4.78, 5) is 18.2. The van der Waals surface area contributed by atoms with Gasteiger partial charge < -0.3 is 14.5 Å². The summed E-state index contributed by atoms with van der Waals surface area (Å²) in [5, 5.41) is 0. The van der Waals surface area contributed by atoms with Gasteiger partial charge in [0.25, 0.3) is 0 Å². The molecule has 1 aromatic carbocycles. The van der Waals surface area contributed by atoms with Crippen molar-refractivity contribution in [3.63, 3.8) is 0 Å². The average Bonchev–Trinajstić information content (AvgIpc) is 3.19. The van der Waals surface area contributed by atoms with Gasteiger partial charge in [0.1, 0.15) is 0 Å². The van der Waals surface area contributed by atoms with E-state index in [9.17, 15) is 4.79 Å². The van der Waals surface area contributed by atoms with Crippen LogP contribution in [0.25, 0.3) is 11.3 Å². The van der Waals surface area contributed by atoms with E-state index in [1.807, 2.05) is 18.2 Å². The second-order valence-electron chi connectivity index (χ2n) is 5.36. The van der Waals surface area contributed by atoms with Gasteiger partial charge in [0, 0.05) is 17.0 Å². The van der Waals surface area contributed by atoms with Crippen molar-refractivity contribution in [2.24, 2.45) is 0 Å². The van der Waals surface area contributed by atoms with Gasteiger partial charge in [-0.1, -0.05) is 11.3 Å². The number of hydrogen-bond acceptors (Lipinski definition) is 5. The first-order chi connectivity index (χ1) is 10.3. The van der Waals surface area contributed by atoms with Crippen LogP contribution in [0.2, 0.25) is 0 Å². The maximum absolute atomic E-state index is 11.8. The van der Waals surface area contributed by atoms with Gasteiger partial charge in [0.05, 0.1) is 5.69 Å². The Morgan fingerprint density at radius 1 is 1.19 bits per heavy atom. The fraction of sp³-hybridized carbons (Fsp3) is 0.400. The Hall–Kier alpha value is -1.79. The molecule has 1 aromatic heterocycles. The fourth-order valence-electron chi connectivity index (χ4n) is 2.90. The van der Waals surface area contributed by atoms with Gasteiger partial charge in [-0.05, 0) is 44.1 Å². The molecule has 1 fully saturated rings. The van der Waals surface area contributed by atoms with E-state index in [2.05, 4.69) is 9.88 Å². The van der Waals surface area contributed by atoms with Gasteiger partial charge in [-0.3, -0.25) is 9.69 Å². The second-order valence-corrected chi connectivity index (χ2v) is 6.43. The number of benzene rings is 1. The molecule has 0 amide bonds. The number of aromatic amines is 1. The van der Waals surface area contributed by atoms with E-state index < -0.39 is 0 Å². The monoisotopic (exact) mass is 304 g/mol. The van der Waals surface area contributed by atoms with Gasteiger partial charge in [-0.2, -0.15) is 0 Å². The molecule has 6 heteroatoms. The molecule has 1 N–H and O–H groups in total. The molecule has 1 saturated heterocycles.